The Hall–Kier alpha value is -0.230. The Morgan fingerprint density at radius 2 is 2.12 bits per heavy atom. The summed E-state index contributed by atoms with van der Waals surface area (Å²) in [5, 5.41) is 3.62. The van der Waals surface area contributed by atoms with Crippen molar-refractivity contribution in [3.63, 3.8) is 0 Å². The summed E-state index contributed by atoms with van der Waals surface area (Å²) in [6.45, 7) is 0. The average Bonchev–Trinajstić information content (AvgIpc) is 2.33. The Balaban J connectivity index is 4.03. The van der Waals surface area contributed by atoms with E-state index in [4.69, 9.17) is 0 Å². The maximum absolute atomic E-state index is 11.6. The zero-order valence-corrected chi connectivity index (χ0v) is 12.7. The molecule has 0 aromatic rings. The van der Waals surface area contributed by atoms with Crippen molar-refractivity contribution in [2.45, 2.75) is 31.7 Å². The topological polar surface area (TPSA) is 55.4 Å². The van der Waals surface area contributed by atoms with Crippen LogP contribution in [0.2, 0.25) is 0 Å². The summed E-state index contributed by atoms with van der Waals surface area (Å²) < 4.78 is 4.67. The normalized spacial score (nSPS) is 11.9. The SMILES string of the molecule is COC(=O)[C@H](CCSC)NC(=O)CCCCBr. The van der Waals surface area contributed by atoms with Gasteiger partial charge in [0.05, 0.1) is 7.11 Å². The molecule has 0 unspecified atom stereocenters. The molecule has 0 saturated carbocycles. The number of hydrogen-bond donors (Lipinski definition) is 1. The number of nitrogens with one attached hydrogen (secondary N) is 1. The molecule has 0 radical (unpaired) electrons. The molecule has 0 spiro atoms. The fourth-order valence-corrected chi connectivity index (χ4v) is 2.14. The van der Waals surface area contributed by atoms with Crippen LogP contribution in [0.15, 0.2) is 0 Å². The Kier molecular flexibility index (Phi) is 10.7. The van der Waals surface area contributed by atoms with E-state index in [1.54, 1.807) is 11.8 Å². The molecule has 6 heteroatoms. The zero-order valence-electron chi connectivity index (χ0n) is 10.3. The van der Waals surface area contributed by atoms with E-state index in [2.05, 4.69) is 26.0 Å². The lowest BCUT2D eigenvalue weighted by atomic mass is 10.2. The first kappa shape index (κ1) is 16.8. The quantitative estimate of drug-likeness (QED) is 0.400. The van der Waals surface area contributed by atoms with Crippen molar-refractivity contribution >= 4 is 39.6 Å². The molecule has 0 aliphatic rings. The molecule has 100 valence electrons. The number of esters is 1. The molecule has 0 rings (SSSR count). The molecule has 0 aromatic carbocycles. The molecule has 0 saturated heterocycles. The summed E-state index contributed by atoms with van der Waals surface area (Å²) in [6.07, 6.45) is 4.82. The van der Waals surface area contributed by atoms with Crippen molar-refractivity contribution in [1.29, 1.82) is 0 Å². The first-order valence-electron chi connectivity index (χ1n) is 5.57. The fraction of sp³-hybridized carbons (Fsp3) is 0.818. The largest absolute Gasteiger partial charge is 0.467 e. The number of hydrogen-bond acceptors (Lipinski definition) is 4. The summed E-state index contributed by atoms with van der Waals surface area (Å²) in [4.78, 5) is 23.0. The number of halogens is 1. The summed E-state index contributed by atoms with van der Waals surface area (Å²) in [6, 6.07) is -0.510. The Bertz CT molecular complexity index is 239. The van der Waals surface area contributed by atoms with Gasteiger partial charge >= 0.3 is 5.97 Å². The number of rotatable bonds is 9. The second kappa shape index (κ2) is 10.9. The van der Waals surface area contributed by atoms with Crippen molar-refractivity contribution in [3.05, 3.63) is 0 Å². The van der Waals surface area contributed by atoms with Crippen LogP contribution in [0, 0.1) is 0 Å². The number of thioether (sulfide) groups is 1. The van der Waals surface area contributed by atoms with Gasteiger partial charge in [0.1, 0.15) is 6.04 Å². The molecule has 0 heterocycles. The monoisotopic (exact) mass is 325 g/mol. The molecule has 0 bridgehead atoms. The molecule has 17 heavy (non-hydrogen) atoms. The van der Waals surface area contributed by atoms with Crippen molar-refractivity contribution in [1.82, 2.24) is 5.32 Å². The second-order valence-corrected chi connectivity index (χ2v) is 5.35. The van der Waals surface area contributed by atoms with Crippen molar-refractivity contribution in [2.24, 2.45) is 0 Å². The van der Waals surface area contributed by atoms with E-state index in [1.807, 2.05) is 6.26 Å². The lowest BCUT2D eigenvalue weighted by Gasteiger charge is -2.15. The van der Waals surface area contributed by atoms with Gasteiger partial charge in [0, 0.05) is 11.8 Å². The van der Waals surface area contributed by atoms with Gasteiger partial charge in [-0.05, 0) is 31.3 Å². The standard InChI is InChI=1S/C11H20BrNO3S/c1-16-11(15)9(6-8-17-2)13-10(14)5-3-4-7-12/h9H,3-8H2,1-2H3,(H,13,14)/t9-/m0/s1. The van der Waals surface area contributed by atoms with Crippen LogP contribution in [-0.4, -0.2) is 42.4 Å². The lowest BCUT2D eigenvalue weighted by Crippen LogP contribution is -2.41. The maximum Gasteiger partial charge on any atom is 0.328 e. The minimum absolute atomic E-state index is 0.0811. The Morgan fingerprint density at radius 3 is 2.65 bits per heavy atom. The number of methoxy groups -OCH3 is 1. The third-order valence-electron chi connectivity index (χ3n) is 2.22. The van der Waals surface area contributed by atoms with Gasteiger partial charge in [-0.25, -0.2) is 4.79 Å². The van der Waals surface area contributed by atoms with Crippen molar-refractivity contribution in [2.75, 3.05) is 24.4 Å². The summed E-state index contributed by atoms with van der Waals surface area (Å²) in [7, 11) is 1.34. The fourth-order valence-electron chi connectivity index (χ4n) is 1.27. The summed E-state index contributed by atoms with van der Waals surface area (Å²) >= 11 is 4.95. The van der Waals surface area contributed by atoms with Gasteiger partial charge in [-0.15, -0.1) is 0 Å². The van der Waals surface area contributed by atoms with Crippen LogP contribution < -0.4 is 5.32 Å². The van der Waals surface area contributed by atoms with Gasteiger partial charge in [-0.2, -0.15) is 11.8 Å². The number of carbonyl (C=O) groups is 2. The van der Waals surface area contributed by atoms with E-state index in [0.717, 1.165) is 23.9 Å². The number of alkyl halides is 1. The van der Waals surface area contributed by atoms with Crippen LogP contribution in [0.1, 0.15) is 25.7 Å². The highest BCUT2D eigenvalue weighted by Gasteiger charge is 2.20. The van der Waals surface area contributed by atoms with E-state index in [9.17, 15) is 9.59 Å². The van der Waals surface area contributed by atoms with Crippen LogP contribution >= 0.6 is 27.7 Å². The first-order valence-corrected chi connectivity index (χ1v) is 8.09. The number of carbonyl (C=O) groups excluding carboxylic acids is 2. The van der Waals surface area contributed by atoms with Crippen LogP contribution in [0.25, 0.3) is 0 Å². The van der Waals surface area contributed by atoms with Gasteiger partial charge in [0.2, 0.25) is 5.91 Å². The molecule has 4 nitrogen and oxygen atoms in total. The predicted octanol–water partition coefficient (Wildman–Crippen LogP) is 1.96. The minimum atomic E-state index is -0.510. The molecule has 1 atom stereocenters. The minimum Gasteiger partial charge on any atom is -0.467 e. The third-order valence-corrected chi connectivity index (χ3v) is 3.42. The van der Waals surface area contributed by atoms with Gasteiger partial charge in [-0.3, -0.25) is 4.79 Å². The Morgan fingerprint density at radius 1 is 1.41 bits per heavy atom. The Labute approximate surface area is 115 Å². The molecule has 1 N–H and O–H groups in total. The van der Waals surface area contributed by atoms with E-state index < -0.39 is 6.04 Å². The molecule has 0 aliphatic carbocycles. The molecule has 1 amide bonds. The maximum atomic E-state index is 11.6. The zero-order chi connectivity index (χ0) is 13.1. The van der Waals surface area contributed by atoms with Crippen LogP contribution in [0.5, 0.6) is 0 Å². The van der Waals surface area contributed by atoms with E-state index in [0.29, 0.717) is 12.8 Å². The molecule has 0 aliphatic heterocycles. The van der Waals surface area contributed by atoms with Crippen molar-refractivity contribution in [3.8, 4) is 0 Å². The molecule has 0 aromatic heterocycles. The van der Waals surface area contributed by atoms with Gasteiger partial charge < -0.3 is 10.1 Å². The number of unbranched alkanes of at least 4 members (excludes halogenated alkanes) is 1. The van der Waals surface area contributed by atoms with E-state index in [1.165, 1.54) is 7.11 Å². The lowest BCUT2D eigenvalue weighted by molar-refractivity contribution is -0.145. The first-order chi connectivity index (χ1) is 8.15. The average molecular weight is 326 g/mol. The number of ether oxygens (including phenoxy) is 1. The number of amides is 1. The summed E-state index contributed by atoms with van der Waals surface area (Å²) in [5.74, 6) is 0.372. The third kappa shape index (κ3) is 8.49. The molecular formula is C11H20BrNO3S. The second-order valence-electron chi connectivity index (χ2n) is 3.57. The smallest absolute Gasteiger partial charge is 0.328 e. The van der Waals surface area contributed by atoms with Gasteiger partial charge in [0.15, 0.2) is 0 Å². The van der Waals surface area contributed by atoms with Crippen molar-refractivity contribution < 1.29 is 14.3 Å². The van der Waals surface area contributed by atoms with E-state index in [-0.39, 0.29) is 11.9 Å². The van der Waals surface area contributed by atoms with E-state index >= 15 is 0 Å². The highest BCUT2D eigenvalue weighted by atomic mass is 79.9. The van der Waals surface area contributed by atoms with Gasteiger partial charge in [0.25, 0.3) is 0 Å². The van der Waals surface area contributed by atoms with Crippen LogP contribution in [-0.2, 0) is 14.3 Å². The molecular weight excluding hydrogens is 306 g/mol. The molecule has 0 fully saturated rings. The summed E-state index contributed by atoms with van der Waals surface area (Å²) in [5.41, 5.74) is 0. The highest BCUT2D eigenvalue weighted by Crippen LogP contribution is 2.04. The van der Waals surface area contributed by atoms with Crippen LogP contribution in [0.3, 0.4) is 0 Å². The van der Waals surface area contributed by atoms with Crippen LogP contribution in [0.4, 0.5) is 0 Å². The highest BCUT2D eigenvalue weighted by molar-refractivity contribution is 9.09. The predicted molar refractivity (Wildman–Crippen MR) is 74.6 cm³/mol. The van der Waals surface area contributed by atoms with Gasteiger partial charge in [-0.1, -0.05) is 15.9 Å².